The summed E-state index contributed by atoms with van der Waals surface area (Å²) in [6.07, 6.45) is 1.19. The largest absolute Gasteiger partial charge is 0.366 e. The van der Waals surface area contributed by atoms with Crippen molar-refractivity contribution < 1.29 is 9.53 Å². The molecule has 1 aliphatic rings. The van der Waals surface area contributed by atoms with Crippen molar-refractivity contribution in [2.75, 3.05) is 40.3 Å². The van der Waals surface area contributed by atoms with E-state index in [1.54, 1.807) is 4.90 Å². The van der Waals surface area contributed by atoms with E-state index in [1.165, 1.54) is 6.42 Å². The fourth-order valence-electron chi connectivity index (χ4n) is 2.05. The van der Waals surface area contributed by atoms with E-state index in [0.29, 0.717) is 5.92 Å². The van der Waals surface area contributed by atoms with Crippen molar-refractivity contribution in [2.24, 2.45) is 5.92 Å². The molecule has 4 heteroatoms. The van der Waals surface area contributed by atoms with Gasteiger partial charge in [0.1, 0.15) is 6.61 Å². The molecular weight excluding hydrogens is 216 g/mol. The summed E-state index contributed by atoms with van der Waals surface area (Å²) in [6, 6.07) is 0. The van der Waals surface area contributed by atoms with E-state index in [-0.39, 0.29) is 18.1 Å². The first-order chi connectivity index (χ1) is 7.78. The maximum Gasteiger partial charge on any atom is 0.248 e. The topological polar surface area (TPSA) is 32.8 Å². The Kier molecular flexibility index (Phi) is 4.95. The molecule has 17 heavy (non-hydrogen) atoms. The van der Waals surface area contributed by atoms with E-state index in [9.17, 15) is 4.79 Å². The molecule has 0 aliphatic carbocycles. The number of likely N-dealkylation sites (N-methyl/N-ethyl adjacent to an activating group) is 1. The second kappa shape index (κ2) is 5.83. The van der Waals surface area contributed by atoms with Crippen molar-refractivity contribution in [3.05, 3.63) is 0 Å². The summed E-state index contributed by atoms with van der Waals surface area (Å²) in [6.45, 7) is 9.16. The molecule has 0 radical (unpaired) electrons. The van der Waals surface area contributed by atoms with Gasteiger partial charge in [-0.05, 0) is 46.7 Å². The van der Waals surface area contributed by atoms with Gasteiger partial charge in [0.25, 0.3) is 0 Å². The van der Waals surface area contributed by atoms with E-state index < -0.39 is 0 Å². The van der Waals surface area contributed by atoms with Gasteiger partial charge in [0.2, 0.25) is 5.91 Å². The second-order valence-corrected chi connectivity index (χ2v) is 6.09. The quantitative estimate of drug-likeness (QED) is 0.743. The molecular formula is C13H26N2O2. The van der Waals surface area contributed by atoms with Gasteiger partial charge in [-0.25, -0.2) is 0 Å². The standard InChI is InChI=1S/C13H26N2O2/c1-13(2,3)17-10-12(16)15(5)9-11-6-7-14(4)8-11/h11H,6-10H2,1-5H3. The van der Waals surface area contributed by atoms with Crippen LogP contribution in [0.1, 0.15) is 27.2 Å². The van der Waals surface area contributed by atoms with Crippen molar-refractivity contribution in [3.8, 4) is 0 Å². The molecule has 4 nitrogen and oxygen atoms in total. The lowest BCUT2D eigenvalue weighted by atomic mass is 10.1. The Morgan fingerprint density at radius 2 is 2.12 bits per heavy atom. The molecule has 100 valence electrons. The van der Waals surface area contributed by atoms with Crippen LogP contribution in [0.3, 0.4) is 0 Å². The van der Waals surface area contributed by atoms with Crippen LogP contribution in [0.2, 0.25) is 0 Å². The second-order valence-electron chi connectivity index (χ2n) is 6.09. The van der Waals surface area contributed by atoms with Crippen molar-refractivity contribution in [3.63, 3.8) is 0 Å². The van der Waals surface area contributed by atoms with Crippen LogP contribution in [-0.2, 0) is 9.53 Å². The molecule has 0 aromatic heterocycles. The molecule has 0 saturated carbocycles. The van der Waals surface area contributed by atoms with Gasteiger partial charge >= 0.3 is 0 Å². The first kappa shape index (κ1) is 14.5. The first-order valence-corrected chi connectivity index (χ1v) is 6.34. The van der Waals surface area contributed by atoms with Crippen LogP contribution < -0.4 is 0 Å². The fraction of sp³-hybridized carbons (Fsp3) is 0.923. The number of ether oxygens (including phenoxy) is 1. The molecule has 1 aliphatic heterocycles. The van der Waals surface area contributed by atoms with Gasteiger partial charge < -0.3 is 14.5 Å². The van der Waals surface area contributed by atoms with E-state index in [0.717, 1.165) is 19.6 Å². The van der Waals surface area contributed by atoms with Crippen LogP contribution in [0, 0.1) is 5.92 Å². The van der Waals surface area contributed by atoms with Crippen LogP contribution in [0.4, 0.5) is 0 Å². The minimum Gasteiger partial charge on any atom is -0.366 e. The van der Waals surface area contributed by atoms with Crippen LogP contribution in [0.5, 0.6) is 0 Å². The molecule has 1 fully saturated rings. The lowest BCUT2D eigenvalue weighted by Gasteiger charge is -2.24. The Morgan fingerprint density at radius 3 is 2.59 bits per heavy atom. The summed E-state index contributed by atoms with van der Waals surface area (Å²) in [5.41, 5.74) is -0.246. The van der Waals surface area contributed by atoms with Gasteiger partial charge in [-0.15, -0.1) is 0 Å². The molecule has 1 rings (SSSR count). The summed E-state index contributed by atoms with van der Waals surface area (Å²) in [5.74, 6) is 0.693. The van der Waals surface area contributed by atoms with Crippen molar-refractivity contribution in [1.82, 2.24) is 9.80 Å². The zero-order valence-corrected chi connectivity index (χ0v) is 11.8. The minimum absolute atomic E-state index is 0.0782. The highest BCUT2D eigenvalue weighted by atomic mass is 16.5. The van der Waals surface area contributed by atoms with Crippen molar-refractivity contribution >= 4 is 5.91 Å². The van der Waals surface area contributed by atoms with Gasteiger partial charge in [-0.1, -0.05) is 0 Å². The van der Waals surface area contributed by atoms with E-state index in [4.69, 9.17) is 4.74 Å². The van der Waals surface area contributed by atoms with Gasteiger partial charge in [-0.3, -0.25) is 4.79 Å². The zero-order chi connectivity index (χ0) is 13.1. The average molecular weight is 242 g/mol. The molecule has 1 amide bonds. The molecule has 0 aromatic rings. The van der Waals surface area contributed by atoms with Crippen LogP contribution in [0.25, 0.3) is 0 Å². The third-order valence-corrected chi connectivity index (χ3v) is 3.08. The van der Waals surface area contributed by atoms with Gasteiger partial charge in [0.15, 0.2) is 0 Å². The van der Waals surface area contributed by atoms with Crippen molar-refractivity contribution in [1.29, 1.82) is 0 Å². The van der Waals surface area contributed by atoms with Gasteiger partial charge in [-0.2, -0.15) is 0 Å². The van der Waals surface area contributed by atoms with E-state index >= 15 is 0 Å². The number of likely N-dealkylation sites (tertiary alicyclic amines) is 1. The van der Waals surface area contributed by atoms with Gasteiger partial charge in [0.05, 0.1) is 5.60 Å². The molecule has 0 bridgehead atoms. The number of hydrogen-bond acceptors (Lipinski definition) is 3. The Hall–Kier alpha value is -0.610. The Bertz CT molecular complexity index is 261. The lowest BCUT2D eigenvalue weighted by molar-refractivity contribution is -0.140. The molecule has 0 N–H and O–H groups in total. The number of amides is 1. The Morgan fingerprint density at radius 1 is 1.47 bits per heavy atom. The fourth-order valence-corrected chi connectivity index (χ4v) is 2.05. The van der Waals surface area contributed by atoms with E-state index in [1.807, 2.05) is 27.8 Å². The normalized spacial score (nSPS) is 21.8. The third-order valence-electron chi connectivity index (χ3n) is 3.08. The van der Waals surface area contributed by atoms with Crippen molar-refractivity contribution in [2.45, 2.75) is 32.8 Å². The highest BCUT2D eigenvalue weighted by Gasteiger charge is 2.23. The van der Waals surface area contributed by atoms with Gasteiger partial charge in [0, 0.05) is 20.1 Å². The predicted molar refractivity (Wildman–Crippen MR) is 68.9 cm³/mol. The summed E-state index contributed by atoms with van der Waals surface area (Å²) < 4.78 is 5.50. The number of carbonyl (C=O) groups is 1. The number of carbonyl (C=O) groups excluding carboxylic acids is 1. The highest BCUT2D eigenvalue weighted by Crippen LogP contribution is 2.15. The molecule has 1 unspecified atom stereocenters. The molecule has 0 spiro atoms. The summed E-state index contributed by atoms with van der Waals surface area (Å²) in [7, 11) is 4.00. The molecule has 1 atom stereocenters. The van der Waals surface area contributed by atoms with Crippen LogP contribution in [-0.4, -0.2) is 61.6 Å². The van der Waals surface area contributed by atoms with E-state index in [2.05, 4.69) is 11.9 Å². The SMILES string of the molecule is CN1CCC(CN(C)C(=O)COC(C)(C)C)C1. The third kappa shape index (κ3) is 5.50. The Balaban J connectivity index is 2.27. The number of nitrogens with zero attached hydrogens (tertiary/aromatic N) is 2. The smallest absolute Gasteiger partial charge is 0.248 e. The average Bonchev–Trinajstić information content (AvgIpc) is 2.59. The molecule has 0 aromatic carbocycles. The summed E-state index contributed by atoms with van der Waals surface area (Å²) in [5, 5.41) is 0. The monoisotopic (exact) mass is 242 g/mol. The Labute approximate surface area is 105 Å². The summed E-state index contributed by atoms with van der Waals surface area (Å²) in [4.78, 5) is 16.0. The maximum absolute atomic E-state index is 11.8. The lowest BCUT2D eigenvalue weighted by Crippen LogP contribution is -2.37. The van der Waals surface area contributed by atoms with Crippen LogP contribution >= 0.6 is 0 Å². The number of rotatable bonds is 4. The number of hydrogen-bond donors (Lipinski definition) is 0. The molecule has 1 heterocycles. The zero-order valence-electron chi connectivity index (χ0n) is 11.8. The highest BCUT2D eigenvalue weighted by molar-refractivity contribution is 5.77. The maximum atomic E-state index is 11.8. The minimum atomic E-state index is -0.246. The molecule has 1 saturated heterocycles. The first-order valence-electron chi connectivity index (χ1n) is 6.34. The van der Waals surface area contributed by atoms with Crippen LogP contribution in [0.15, 0.2) is 0 Å². The summed E-state index contributed by atoms with van der Waals surface area (Å²) >= 11 is 0. The predicted octanol–water partition coefficient (Wildman–Crippen LogP) is 1.21.